The highest BCUT2D eigenvalue weighted by molar-refractivity contribution is 6.30. The first-order valence-corrected chi connectivity index (χ1v) is 9.13. The Balaban J connectivity index is 1.40. The van der Waals surface area contributed by atoms with Gasteiger partial charge in [-0.25, -0.2) is 0 Å². The number of carbonyl (C=O) groups is 1. The second-order valence-electron chi connectivity index (χ2n) is 6.03. The van der Waals surface area contributed by atoms with E-state index in [0.29, 0.717) is 30.3 Å². The van der Waals surface area contributed by atoms with Gasteiger partial charge in [-0.15, -0.1) is 0 Å². The number of anilines is 2. The number of benzene rings is 3. The number of ether oxygens (including phenoxy) is 1. The zero-order chi connectivity index (χ0) is 18.9. The van der Waals surface area contributed by atoms with Gasteiger partial charge >= 0.3 is 0 Å². The second-order valence-corrected chi connectivity index (χ2v) is 6.47. The predicted molar refractivity (Wildman–Crippen MR) is 110 cm³/mol. The van der Waals surface area contributed by atoms with E-state index < -0.39 is 0 Å². The number of hydrogen-bond acceptors (Lipinski definition) is 3. The number of amides is 1. The molecule has 0 fully saturated rings. The van der Waals surface area contributed by atoms with Crippen molar-refractivity contribution in [2.75, 3.05) is 17.2 Å². The summed E-state index contributed by atoms with van der Waals surface area (Å²) in [5, 5.41) is 6.66. The molecule has 0 saturated carbocycles. The number of nitrogens with one attached hydrogen (secondary N) is 2. The lowest BCUT2D eigenvalue weighted by Crippen LogP contribution is -2.16. The van der Waals surface area contributed by atoms with Crippen LogP contribution < -0.4 is 15.4 Å². The molecule has 138 valence electrons. The zero-order valence-corrected chi connectivity index (χ0v) is 15.6. The molecule has 0 saturated heterocycles. The van der Waals surface area contributed by atoms with E-state index in [1.165, 1.54) is 0 Å². The number of rotatable bonds is 8. The predicted octanol–water partition coefficient (Wildman–Crippen LogP) is 5.36. The summed E-state index contributed by atoms with van der Waals surface area (Å²) in [7, 11) is 0. The van der Waals surface area contributed by atoms with E-state index in [4.69, 9.17) is 16.3 Å². The van der Waals surface area contributed by atoms with Crippen LogP contribution in [0.25, 0.3) is 0 Å². The summed E-state index contributed by atoms with van der Waals surface area (Å²) in [5.41, 5.74) is 2.77. The fourth-order valence-corrected chi connectivity index (χ4v) is 2.71. The molecule has 0 radical (unpaired) electrons. The molecule has 0 aliphatic heterocycles. The summed E-state index contributed by atoms with van der Waals surface area (Å²) in [5.74, 6) is 0.746. The van der Waals surface area contributed by atoms with Gasteiger partial charge in [-0.2, -0.15) is 0 Å². The molecule has 0 heterocycles. The zero-order valence-electron chi connectivity index (χ0n) is 14.8. The molecule has 0 unspecified atom stereocenters. The molecule has 27 heavy (non-hydrogen) atoms. The molecule has 0 aliphatic rings. The number of carbonyl (C=O) groups excluding carboxylic acids is 1. The van der Waals surface area contributed by atoms with Crippen molar-refractivity contribution in [3.63, 3.8) is 0 Å². The summed E-state index contributed by atoms with van der Waals surface area (Å²) in [6.45, 7) is 1.08. The molecular formula is C22H21ClN2O2. The maximum absolute atomic E-state index is 12.0. The molecular weight excluding hydrogens is 360 g/mol. The Bertz CT molecular complexity index is 867. The van der Waals surface area contributed by atoms with Gasteiger partial charge in [0.2, 0.25) is 5.91 Å². The normalized spacial score (nSPS) is 10.3. The van der Waals surface area contributed by atoms with Crippen LogP contribution >= 0.6 is 11.6 Å². The highest BCUT2D eigenvalue weighted by Gasteiger charge is 2.03. The minimum atomic E-state index is -0.0624. The van der Waals surface area contributed by atoms with Crippen LogP contribution in [-0.4, -0.2) is 12.5 Å². The molecule has 0 bridgehead atoms. The molecule has 3 rings (SSSR count). The highest BCUT2D eigenvalue weighted by atomic mass is 35.5. The Kier molecular flexibility index (Phi) is 6.72. The van der Waals surface area contributed by atoms with E-state index >= 15 is 0 Å². The van der Waals surface area contributed by atoms with Gasteiger partial charge in [0.15, 0.2) is 0 Å². The molecule has 0 atom stereocenters. The van der Waals surface area contributed by atoms with Crippen LogP contribution in [0.3, 0.4) is 0 Å². The third-order valence-electron chi connectivity index (χ3n) is 3.89. The van der Waals surface area contributed by atoms with Crippen molar-refractivity contribution >= 4 is 28.9 Å². The molecule has 3 aromatic rings. The van der Waals surface area contributed by atoms with Crippen molar-refractivity contribution in [3.05, 3.63) is 89.4 Å². The van der Waals surface area contributed by atoms with Crippen molar-refractivity contribution in [1.29, 1.82) is 0 Å². The molecule has 0 aromatic heterocycles. The maximum atomic E-state index is 12.0. The third-order valence-corrected chi connectivity index (χ3v) is 4.13. The minimum Gasteiger partial charge on any atom is -0.489 e. The van der Waals surface area contributed by atoms with Crippen LogP contribution in [0.4, 0.5) is 11.4 Å². The fourth-order valence-electron chi connectivity index (χ4n) is 2.52. The van der Waals surface area contributed by atoms with Crippen LogP contribution in [0.15, 0.2) is 78.9 Å². The molecule has 3 aromatic carbocycles. The van der Waals surface area contributed by atoms with E-state index in [1.807, 2.05) is 60.7 Å². The lowest BCUT2D eigenvalue weighted by Gasteiger charge is -2.10. The van der Waals surface area contributed by atoms with Crippen LogP contribution in [-0.2, 0) is 11.4 Å². The summed E-state index contributed by atoms with van der Waals surface area (Å²) in [6, 6.07) is 24.9. The van der Waals surface area contributed by atoms with Crippen molar-refractivity contribution in [3.8, 4) is 5.75 Å². The van der Waals surface area contributed by atoms with Crippen LogP contribution in [0.1, 0.15) is 12.0 Å². The van der Waals surface area contributed by atoms with Gasteiger partial charge in [-0.05, 0) is 48.0 Å². The van der Waals surface area contributed by atoms with E-state index in [2.05, 4.69) is 10.6 Å². The Morgan fingerprint density at radius 1 is 0.889 bits per heavy atom. The summed E-state index contributed by atoms with van der Waals surface area (Å²) in [4.78, 5) is 12.0. The van der Waals surface area contributed by atoms with Gasteiger partial charge in [0, 0.05) is 29.4 Å². The van der Waals surface area contributed by atoms with Crippen molar-refractivity contribution in [1.82, 2.24) is 0 Å². The van der Waals surface area contributed by atoms with E-state index in [-0.39, 0.29) is 5.91 Å². The first-order valence-electron chi connectivity index (χ1n) is 8.75. The van der Waals surface area contributed by atoms with Crippen molar-refractivity contribution in [2.45, 2.75) is 13.0 Å². The van der Waals surface area contributed by atoms with E-state index in [9.17, 15) is 4.79 Å². The van der Waals surface area contributed by atoms with Crippen LogP contribution in [0.2, 0.25) is 5.02 Å². The van der Waals surface area contributed by atoms with Gasteiger partial charge in [0.25, 0.3) is 0 Å². The average molecular weight is 381 g/mol. The van der Waals surface area contributed by atoms with Gasteiger partial charge in [0.05, 0.1) is 0 Å². The maximum Gasteiger partial charge on any atom is 0.226 e. The monoisotopic (exact) mass is 380 g/mol. The lowest BCUT2D eigenvalue weighted by molar-refractivity contribution is -0.115. The Morgan fingerprint density at radius 3 is 2.41 bits per heavy atom. The second kappa shape index (κ2) is 9.64. The summed E-state index contributed by atoms with van der Waals surface area (Å²) >= 11 is 5.91. The Hall–Kier alpha value is -2.98. The highest BCUT2D eigenvalue weighted by Crippen LogP contribution is 2.18. The smallest absolute Gasteiger partial charge is 0.226 e. The number of halogens is 1. The van der Waals surface area contributed by atoms with Crippen LogP contribution in [0.5, 0.6) is 5.75 Å². The molecule has 2 N–H and O–H groups in total. The SMILES string of the molecule is O=C(CCNc1ccc(OCc2ccccc2)cc1)Nc1cccc(Cl)c1. The fraction of sp³-hybridized carbons (Fsp3) is 0.136. The summed E-state index contributed by atoms with van der Waals surface area (Å²) < 4.78 is 5.76. The first kappa shape index (κ1) is 18.8. The van der Waals surface area contributed by atoms with Crippen molar-refractivity contribution in [2.24, 2.45) is 0 Å². The Labute approximate surface area is 164 Å². The molecule has 5 heteroatoms. The molecule has 0 spiro atoms. The summed E-state index contributed by atoms with van der Waals surface area (Å²) in [6.07, 6.45) is 0.360. The topological polar surface area (TPSA) is 50.4 Å². The first-order chi connectivity index (χ1) is 13.2. The molecule has 4 nitrogen and oxygen atoms in total. The molecule has 0 aliphatic carbocycles. The van der Waals surface area contributed by atoms with Gasteiger partial charge in [0.1, 0.15) is 12.4 Å². The lowest BCUT2D eigenvalue weighted by atomic mass is 10.2. The van der Waals surface area contributed by atoms with Gasteiger partial charge < -0.3 is 15.4 Å². The third kappa shape index (κ3) is 6.35. The molecule has 1 amide bonds. The van der Waals surface area contributed by atoms with E-state index in [0.717, 1.165) is 17.0 Å². The van der Waals surface area contributed by atoms with Crippen molar-refractivity contribution < 1.29 is 9.53 Å². The Morgan fingerprint density at radius 2 is 1.67 bits per heavy atom. The van der Waals surface area contributed by atoms with Crippen LogP contribution in [0, 0.1) is 0 Å². The van der Waals surface area contributed by atoms with Gasteiger partial charge in [-0.3, -0.25) is 4.79 Å². The quantitative estimate of drug-likeness (QED) is 0.553. The van der Waals surface area contributed by atoms with Gasteiger partial charge in [-0.1, -0.05) is 48.0 Å². The minimum absolute atomic E-state index is 0.0624. The largest absolute Gasteiger partial charge is 0.489 e. The van der Waals surface area contributed by atoms with E-state index in [1.54, 1.807) is 18.2 Å². The number of hydrogen-bond donors (Lipinski definition) is 2. The average Bonchev–Trinajstić information content (AvgIpc) is 2.68. The standard InChI is InChI=1S/C22H21ClN2O2/c23-18-7-4-8-20(15-18)25-22(26)13-14-24-19-9-11-21(12-10-19)27-16-17-5-2-1-3-6-17/h1-12,15,24H,13-14,16H2,(H,25,26).